The molecule has 14 heavy (non-hydrogen) atoms. The molecule has 0 aliphatic carbocycles. The third kappa shape index (κ3) is 1.02. The molecule has 1 heterocycles. The van der Waals surface area contributed by atoms with Crippen molar-refractivity contribution in [1.82, 2.24) is 4.98 Å². The van der Waals surface area contributed by atoms with E-state index in [2.05, 4.69) is 4.98 Å². The average Bonchev–Trinajstić information content (AvgIpc) is 2.46. The lowest BCUT2D eigenvalue weighted by Crippen LogP contribution is -2.00. The number of benzene rings is 1. The van der Waals surface area contributed by atoms with Gasteiger partial charge in [-0.2, -0.15) is 0 Å². The summed E-state index contributed by atoms with van der Waals surface area (Å²) in [7, 11) is 0. The summed E-state index contributed by atoms with van der Waals surface area (Å²) in [6.45, 7) is 0. The zero-order chi connectivity index (χ0) is 10.3. The largest absolute Gasteiger partial charge is 0.477 e. The minimum absolute atomic E-state index is 0.0620. The molecule has 4 N–H and O–H groups in total. The number of nitrogen functional groups attached to an aromatic ring is 1. The Morgan fingerprint density at radius 1 is 1.50 bits per heavy atom. The van der Waals surface area contributed by atoms with Gasteiger partial charge in [0.25, 0.3) is 0 Å². The average molecular weight is 194 g/mol. The van der Waals surface area contributed by atoms with Crippen LogP contribution in [-0.4, -0.2) is 16.1 Å². The molecule has 0 amide bonds. The Kier molecular flexibility index (Phi) is 1.67. The summed E-state index contributed by atoms with van der Waals surface area (Å²) in [5.74, 6) is -1.71. The van der Waals surface area contributed by atoms with Crippen LogP contribution in [0.4, 0.5) is 10.1 Å². The highest BCUT2D eigenvalue weighted by Crippen LogP contribution is 2.26. The van der Waals surface area contributed by atoms with Crippen LogP contribution in [0.5, 0.6) is 0 Å². The highest BCUT2D eigenvalue weighted by atomic mass is 19.1. The first-order valence-corrected chi connectivity index (χ1v) is 3.90. The molecule has 4 nitrogen and oxygen atoms in total. The van der Waals surface area contributed by atoms with Gasteiger partial charge in [-0.3, -0.25) is 0 Å². The Morgan fingerprint density at radius 2 is 2.21 bits per heavy atom. The van der Waals surface area contributed by atoms with E-state index in [1.165, 1.54) is 12.1 Å². The van der Waals surface area contributed by atoms with Gasteiger partial charge in [0.1, 0.15) is 11.5 Å². The molecule has 0 aliphatic rings. The molecule has 2 aromatic rings. The number of halogens is 1. The van der Waals surface area contributed by atoms with Gasteiger partial charge < -0.3 is 15.8 Å². The third-order valence-electron chi connectivity index (χ3n) is 2.04. The number of carboxylic acids is 1. The second-order valence-electron chi connectivity index (χ2n) is 2.88. The van der Waals surface area contributed by atoms with E-state index in [1.807, 2.05) is 0 Å². The van der Waals surface area contributed by atoms with Crippen LogP contribution in [-0.2, 0) is 0 Å². The summed E-state index contributed by atoms with van der Waals surface area (Å²) in [6.07, 6.45) is 0. The van der Waals surface area contributed by atoms with Crippen molar-refractivity contribution in [2.24, 2.45) is 0 Å². The fourth-order valence-electron chi connectivity index (χ4n) is 1.37. The molecule has 1 aromatic carbocycles. The summed E-state index contributed by atoms with van der Waals surface area (Å²) in [4.78, 5) is 13.1. The highest BCUT2D eigenvalue weighted by Gasteiger charge is 2.15. The smallest absolute Gasteiger partial charge is 0.354 e. The molecule has 0 bridgehead atoms. The number of carbonyl (C=O) groups is 1. The monoisotopic (exact) mass is 194 g/mol. The number of aromatic carboxylic acids is 1. The molecule has 0 radical (unpaired) electrons. The fraction of sp³-hybridized carbons (Fsp3) is 0. The number of rotatable bonds is 1. The number of aromatic amines is 1. The van der Waals surface area contributed by atoms with Crippen molar-refractivity contribution in [1.29, 1.82) is 0 Å². The third-order valence-corrected chi connectivity index (χ3v) is 2.04. The van der Waals surface area contributed by atoms with Crippen molar-refractivity contribution in [3.05, 3.63) is 29.7 Å². The lowest BCUT2D eigenvalue weighted by Gasteiger charge is -1.91. The molecule has 0 fully saturated rings. The lowest BCUT2D eigenvalue weighted by atomic mass is 10.2. The van der Waals surface area contributed by atoms with Gasteiger partial charge in [0.15, 0.2) is 0 Å². The van der Waals surface area contributed by atoms with Crippen LogP contribution in [0.25, 0.3) is 10.9 Å². The quantitative estimate of drug-likeness (QED) is 0.644. The van der Waals surface area contributed by atoms with Crippen molar-refractivity contribution in [2.45, 2.75) is 0 Å². The normalized spacial score (nSPS) is 10.6. The molecule has 1 aromatic heterocycles. The Morgan fingerprint density at radius 3 is 2.79 bits per heavy atom. The maximum atomic E-state index is 13.2. The van der Waals surface area contributed by atoms with Crippen LogP contribution in [0.15, 0.2) is 18.2 Å². The van der Waals surface area contributed by atoms with Crippen LogP contribution in [0.3, 0.4) is 0 Å². The standard InChI is InChI=1S/C9H7FN2O2/c10-5-3-1-2-4-6(11)8(9(13)14)12-7(4)5/h1-3,12H,11H2,(H,13,14). The number of aromatic nitrogens is 1. The van der Waals surface area contributed by atoms with Crippen LogP contribution >= 0.6 is 0 Å². The number of H-pyrrole nitrogens is 1. The van der Waals surface area contributed by atoms with Gasteiger partial charge in [-0.15, -0.1) is 0 Å². The van der Waals surface area contributed by atoms with Crippen LogP contribution in [0.2, 0.25) is 0 Å². The zero-order valence-corrected chi connectivity index (χ0v) is 7.04. The predicted octanol–water partition coefficient (Wildman–Crippen LogP) is 1.59. The van der Waals surface area contributed by atoms with E-state index < -0.39 is 11.8 Å². The molecule has 0 unspecified atom stereocenters. The molecular weight excluding hydrogens is 187 g/mol. The summed E-state index contributed by atoms with van der Waals surface area (Å²) in [5, 5.41) is 9.11. The first kappa shape index (κ1) is 8.55. The number of anilines is 1. The Bertz CT molecular complexity index is 519. The molecule has 5 heteroatoms. The van der Waals surface area contributed by atoms with E-state index in [0.29, 0.717) is 5.39 Å². The molecule has 0 saturated heterocycles. The second-order valence-corrected chi connectivity index (χ2v) is 2.88. The summed E-state index contributed by atoms with van der Waals surface area (Å²) in [6, 6.07) is 4.29. The van der Waals surface area contributed by atoms with Crippen LogP contribution in [0.1, 0.15) is 10.5 Å². The van der Waals surface area contributed by atoms with Crippen molar-refractivity contribution in [3.63, 3.8) is 0 Å². The topological polar surface area (TPSA) is 79.1 Å². The highest BCUT2D eigenvalue weighted by molar-refractivity contribution is 6.04. The fourth-order valence-corrected chi connectivity index (χ4v) is 1.37. The molecular formula is C9H7FN2O2. The van der Waals surface area contributed by atoms with Gasteiger partial charge in [0.05, 0.1) is 11.2 Å². The van der Waals surface area contributed by atoms with Gasteiger partial charge in [0.2, 0.25) is 0 Å². The van der Waals surface area contributed by atoms with E-state index in [-0.39, 0.29) is 16.9 Å². The number of nitrogens with two attached hydrogens (primary N) is 1. The molecule has 2 rings (SSSR count). The lowest BCUT2D eigenvalue weighted by molar-refractivity contribution is 0.0692. The van der Waals surface area contributed by atoms with Crippen molar-refractivity contribution >= 4 is 22.6 Å². The van der Waals surface area contributed by atoms with Gasteiger partial charge in [0, 0.05) is 5.39 Å². The molecule has 0 saturated carbocycles. The number of nitrogens with one attached hydrogen (secondary N) is 1. The Labute approximate surface area is 78.1 Å². The minimum atomic E-state index is -1.20. The summed E-state index contributed by atoms with van der Waals surface area (Å²) >= 11 is 0. The molecule has 0 aliphatic heterocycles. The number of para-hydroxylation sites is 1. The SMILES string of the molecule is Nc1c(C(=O)O)[nH]c2c(F)cccc12. The van der Waals surface area contributed by atoms with Crippen LogP contribution < -0.4 is 5.73 Å². The summed E-state index contributed by atoms with van der Waals surface area (Å²) in [5.41, 5.74) is 5.54. The minimum Gasteiger partial charge on any atom is -0.477 e. The summed E-state index contributed by atoms with van der Waals surface area (Å²) < 4.78 is 13.2. The van der Waals surface area contributed by atoms with Crippen molar-refractivity contribution in [2.75, 3.05) is 5.73 Å². The first-order chi connectivity index (χ1) is 6.61. The van der Waals surface area contributed by atoms with Crippen molar-refractivity contribution in [3.8, 4) is 0 Å². The number of fused-ring (bicyclic) bond motifs is 1. The number of carboxylic acid groups (broad SMARTS) is 1. The Balaban J connectivity index is 2.86. The van der Waals surface area contributed by atoms with E-state index in [1.54, 1.807) is 6.07 Å². The van der Waals surface area contributed by atoms with Gasteiger partial charge in [-0.25, -0.2) is 9.18 Å². The number of hydrogen-bond donors (Lipinski definition) is 3. The molecule has 0 spiro atoms. The van der Waals surface area contributed by atoms with Gasteiger partial charge in [-0.05, 0) is 6.07 Å². The van der Waals surface area contributed by atoms with Crippen molar-refractivity contribution < 1.29 is 14.3 Å². The Hall–Kier alpha value is -2.04. The maximum absolute atomic E-state index is 13.2. The van der Waals surface area contributed by atoms with E-state index in [0.717, 1.165) is 0 Å². The van der Waals surface area contributed by atoms with Crippen LogP contribution in [0, 0.1) is 5.82 Å². The van der Waals surface area contributed by atoms with Gasteiger partial charge in [-0.1, -0.05) is 12.1 Å². The molecule has 72 valence electrons. The zero-order valence-electron chi connectivity index (χ0n) is 7.04. The van der Waals surface area contributed by atoms with Gasteiger partial charge >= 0.3 is 5.97 Å². The number of hydrogen-bond acceptors (Lipinski definition) is 2. The first-order valence-electron chi connectivity index (χ1n) is 3.90. The molecule has 0 atom stereocenters. The maximum Gasteiger partial charge on any atom is 0.354 e. The predicted molar refractivity (Wildman–Crippen MR) is 49.6 cm³/mol. The van der Waals surface area contributed by atoms with E-state index in [9.17, 15) is 9.18 Å². The van der Waals surface area contributed by atoms with E-state index in [4.69, 9.17) is 10.8 Å². The second kappa shape index (κ2) is 2.73. The van der Waals surface area contributed by atoms with E-state index >= 15 is 0 Å².